The van der Waals surface area contributed by atoms with Gasteiger partial charge in [0.15, 0.2) is 10.1 Å². The molecule has 142 valence electrons. The predicted octanol–water partition coefficient (Wildman–Crippen LogP) is 0.711. The van der Waals surface area contributed by atoms with E-state index in [-0.39, 0.29) is 6.42 Å². The zero-order valence-electron chi connectivity index (χ0n) is 12.2. The van der Waals surface area contributed by atoms with Crippen LogP contribution in [0.4, 0.5) is 22.0 Å². The van der Waals surface area contributed by atoms with Gasteiger partial charge in [0.2, 0.25) is 0 Å². The van der Waals surface area contributed by atoms with Crippen LogP contribution in [0, 0.1) is 0 Å². The Morgan fingerprint density at radius 1 is 1.21 bits per heavy atom. The lowest BCUT2D eigenvalue weighted by molar-refractivity contribution is -0.259. The van der Waals surface area contributed by atoms with Crippen LogP contribution in [0.25, 0.3) is 0 Å². The first-order valence-electron chi connectivity index (χ1n) is 6.75. The van der Waals surface area contributed by atoms with Crippen LogP contribution in [0.1, 0.15) is 12.8 Å². The molecule has 1 heterocycles. The van der Waals surface area contributed by atoms with E-state index in [0.717, 1.165) is 0 Å². The van der Waals surface area contributed by atoms with Crippen molar-refractivity contribution in [1.82, 2.24) is 4.90 Å². The summed E-state index contributed by atoms with van der Waals surface area (Å²) in [6, 6.07) is 0. The minimum absolute atomic E-state index is 0.0130. The second-order valence-electron chi connectivity index (χ2n) is 4.99. The number of hydrogen-bond donors (Lipinski definition) is 0. The van der Waals surface area contributed by atoms with E-state index in [9.17, 15) is 39.7 Å². The monoisotopic (exact) mass is 384 g/mol. The van der Waals surface area contributed by atoms with Crippen molar-refractivity contribution in [1.29, 1.82) is 0 Å². The maximum atomic E-state index is 13.1. The molecule has 0 N–H and O–H groups in total. The smallest absolute Gasteiger partial charge is 0.432 e. The van der Waals surface area contributed by atoms with E-state index < -0.39 is 40.0 Å². The van der Waals surface area contributed by atoms with Gasteiger partial charge in [0.25, 0.3) is 6.10 Å². The lowest BCUT2D eigenvalue weighted by Gasteiger charge is -2.30. The van der Waals surface area contributed by atoms with E-state index in [1.807, 2.05) is 4.90 Å². The van der Waals surface area contributed by atoms with Crippen LogP contribution in [0.15, 0.2) is 0 Å². The third kappa shape index (κ3) is 5.79. The molecule has 1 atom stereocenters. The summed E-state index contributed by atoms with van der Waals surface area (Å²) in [4.78, 5) is 13.2. The van der Waals surface area contributed by atoms with Crippen LogP contribution in [0.3, 0.4) is 0 Å². The molecule has 13 heteroatoms. The Hall–Kier alpha value is -1.05. The third-order valence-corrected chi connectivity index (χ3v) is 4.02. The molecule has 0 aromatic carbocycles. The van der Waals surface area contributed by atoms with Gasteiger partial charge in [-0.2, -0.15) is 22.0 Å². The number of rotatable bonds is 7. The molecule has 7 nitrogen and oxygen atoms in total. The topological polar surface area (TPSA) is 96.0 Å². The average molecular weight is 384 g/mol. The highest BCUT2D eigenvalue weighted by molar-refractivity contribution is 7.86. The molecule has 1 unspecified atom stereocenters. The van der Waals surface area contributed by atoms with Gasteiger partial charge in [-0.1, -0.05) is 0 Å². The third-order valence-electron chi connectivity index (χ3n) is 3.14. The number of carbonyl (C=O) groups excluding carboxylic acids is 1. The maximum Gasteiger partial charge on any atom is 0.432 e. The first-order valence-corrected chi connectivity index (χ1v) is 8.16. The van der Waals surface area contributed by atoms with Gasteiger partial charge in [0, 0.05) is 19.5 Å². The Labute approximate surface area is 134 Å². The van der Waals surface area contributed by atoms with Crippen LogP contribution in [0.5, 0.6) is 0 Å². The molecule has 0 aromatic rings. The molecule has 0 aromatic heterocycles. The van der Waals surface area contributed by atoms with Crippen molar-refractivity contribution in [2.75, 3.05) is 32.8 Å². The molecule has 0 saturated carbocycles. The molecule has 0 amide bonds. The fourth-order valence-electron chi connectivity index (χ4n) is 1.92. The molecular formula is C11H15F5NO6S-. The van der Waals surface area contributed by atoms with E-state index in [0.29, 0.717) is 32.8 Å². The summed E-state index contributed by atoms with van der Waals surface area (Å²) in [5, 5.41) is -5.81. The normalized spacial score (nSPS) is 19.1. The summed E-state index contributed by atoms with van der Waals surface area (Å²) in [5.74, 6) is -1.67. The maximum absolute atomic E-state index is 13.1. The van der Waals surface area contributed by atoms with Gasteiger partial charge in [0.05, 0.1) is 13.2 Å². The standard InChI is InChI=1S/C11H16F5NO6S/c12-10(13,14)9(11(15,16)24(19,20)21)23-8(18)2-1-3-17-4-6-22-7-5-17/h9H,1-7H2,(H,19,20,21)/p-1. The highest BCUT2D eigenvalue weighted by Crippen LogP contribution is 2.38. The van der Waals surface area contributed by atoms with Crippen molar-refractivity contribution >= 4 is 16.1 Å². The number of alkyl halides is 5. The highest BCUT2D eigenvalue weighted by Gasteiger charge is 2.62. The summed E-state index contributed by atoms with van der Waals surface area (Å²) >= 11 is 0. The Balaban J connectivity index is 2.62. The lowest BCUT2D eigenvalue weighted by Crippen LogP contribution is -2.52. The molecule has 1 fully saturated rings. The zero-order valence-corrected chi connectivity index (χ0v) is 13.0. The Morgan fingerprint density at radius 2 is 1.75 bits per heavy atom. The molecule has 1 aliphatic heterocycles. The molecule has 0 spiro atoms. The summed E-state index contributed by atoms with van der Waals surface area (Å²) in [7, 11) is -6.67. The summed E-state index contributed by atoms with van der Waals surface area (Å²) in [5.41, 5.74) is 0. The quantitative estimate of drug-likeness (QED) is 0.362. The summed E-state index contributed by atoms with van der Waals surface area (Å²) < 4.78 is 104. The average Bonchev–Trinajstić information content (AvgIpc) is 2.43. The van der Waals surface area contributed by atoms with Gasteiger partial charge in [-0.3, -0.25) is 9.69 Å². The minimum Gasteiger partial charge on any atom is -0.743 e. The molecule has 0 bridgehead atoms. The number of carbonyl (C=O) groups is 1. The second kappa shape index (κ2) is 7.89. The summed E-state index contributed by atoms with van der Waals surface area (Å²) in [6.45, 7) is 2.30. The predicted molar refractivity (Wildman–Crippen MR) is 67.1 cm³/mol. The Morgan fingerprint density at radius 3 is 2.21 bits per heavy atom. The van der Waals surface area contributed by atoms with Gasteiger partial charge in [0.1, 0.15) is 0 Å². The molecule has 1 rings (SSSR count). The molecule has 0 radical (unpaired) electrons. The largest absolute Gasteiger partial charge is 0.743 e. The van der Waals surface area contributed by atoms with Gasteiger partial charge in [-0.05, 0) is 13.0 Å². The Kier molecular flexibility index (Phi) is 6.90. The molecule has 0 aliphatic carbocycles. The van der Waals surface area contributed by atoms with Gasteiger partial charge in [-0.25, -0.2) is 8.42 Å². The second-order valence-corrected chi connectivity index (χ2v) is 6.44. The van der Waals surface area contributed by atoms with Crippen molar-refractivity contribution in [3.63, 3.8) is 0 Å². The van der Waals surface area contributed by atoms with Crippen LogP contribution in [-0.2, 0) is 24.4 Å². The highest BCUT2D eigenvalue weighted by atomic mass is 32.2. The number of nitrogens with zero attached hydrogens (tertiary/aromatic N) is 1. The Bertz CT molecular complexity index is 532. The fourth-order valence-corrected chi connectivity index (χ4v) is 2.36. The van der Waals surface area contributed by atoms with E-state index >= 15 is 0 Å². The van der Waals surface area contributed by atoms with E-state index in [1.165, 1.54) is 0 Å². The molecule has 1 aliphatic rings. The first-order chi connectivity index (χ1) is 10.9. The van der Waals surface area contributed by atoms with Crippen LogP contribution >= 0.6 is 0 Å². The number of morpholine rings is 1. The number of hydrogen-bond acceptors (Lipinski definition) is 7. The number of ether oxygens (including phenoxy) is 2. The van der Waals surface area contributed by atoms with Gasteiger partial charge < -0.3 is 14.0 Å². The van der Waals surface area contributed by atoms with E-state index in [1.54, 1.807) is 0 Å². The molecule has 1 saturated heterocycles. The van der Waals surface area contributed by atoms with Crippen LogP contribution < -0.4 is 0 Å². The van der Waals surface area contributed by atoms with Crippen molar-refractivity contribution in [3.8, 4) is 0 Å². The number of esters is 1. The van der Waals surface area contributed by atoms with Crippen molar-refractivity contribution < 1.29 is 49.2 Å². The van der Waals surface area contributed by atoms with E-state index in [4.69, 9.17) is 4.74 Å². The SMILES string of the molecule is O=C(CCCN1CCOCC1)OC(C(F)(F)F)C(F)(F)S(=O)(=O)[O-]. The van der Waals surface area contributed by atoms with Crippen LogP contribution in [0.2, 0.25) is 0 Å². The molecule has 24 heavy (non-hydrogen) atoms. The minimum atomic E-state index is -6.67. The fraction of sp³-hybridized carbons (Fsp3) is 0.909. The van der Waals surface area contributed by atoms with E-state index in [2.05, 4.69) is 4.74 Å². The van der Waals surface area contributed by atoms with Crippen molar-refractivity contribution in [2.24, 2.45) is 0 Å². The van der Waals surface area contributed by atoms with Gasteiger partial charge >= 0.3 is 17.4 Å². The van der Waals surface area contributed by atoms with Crippen molar-refractivity contribution in [2.45, 2.75) is 30.4 Å². The summed E-state index contributed by atoms with van der Waals surface area (Å²) in [6.07, 6.45) is -10.9. The van der Waals surface area contributed by atoms with Gasteiger partial charge in [-0.15, -0.1) is 0 Å². The lowest BCUT2D eigenvalue weighted by atomic mass is 10.2. The zero-order chi connectivity index (χ0) is 18.6. The molecular weight excluding hydrogens is 369 g/mol. The van der Waals surface area contributed by atoms with Crippen molar-refractivity contribution in [3.05, 3.63) is 0 Å². The van der Waals surface area contributed by atoms with Crippen LogP contribution in [-0.4, -0.2) is 74.2 Å². The first kappa shape index (κ1) is 21.0. The number of halogens is 5.